The van der Waals surface area contributed by atoms with Gasteiger partial charge in [-0.1, -0.05) is 30.9 Å². The van der Waals surface area contributed by atoms with E-state index in [1.54, 1.807) is 30.5 Å². The zero-order valence-corrected chi connectivity index (χ0v) is 15.8. The summed E-state index contributed by atoms with van der Waals surface area (Å²) >= 11 is 6.21. The Morgan fingerprint density at radius 3 is 2.41 bits per heavy atom. The topological polar surface area (TPSA) is 76.0 Å². The van der Waals surface area contributed by atoms with E-state index in [0.29, 0.717) is 23.0 Å². The van der Waals surface area contributed by atoms with Crippen molar-refractivity contribution in [2.24, 2.45) is 0 Å². The SMILES string of the molecule is O=C(NC1CCCCC1)c1ccc(-n2ncc(NC3CC3)c(Cl)c2=O)cc1. The Bertz CT molecular complexity index is 884. The van der Waals surface area contributed by atoms with Gasteiger partial charge in [-0.3, -0.25) is 9.59 Å². The molecule has 0 saturated heterocycles. The van der Waals surface area contributed by atoms with Crippen molar-refractivity contribution in [3.63, 3.8) is 0 Å². The van der Waals surface area contributed by atoms with Crippen LogP contribution in [0, 0.1) is 0 Å². The summed E-state index contributed by atoms with van der Waals surface area (Å²) < 4.78 is 1.25. The second-order valence-electron chi connectivity index (χ2n) is 7.36. The molecule has 2 aliphatic carbocycles. The van der Waals surface area contributed by atoms with Crippen LogP contribution in [0.5, 0.6) is 0 Å². The number of halogens is 1. The van der Waals surface area contributed by atoms with Gasteiger partial charge >= 0.3 is 0 Å². The first-order valence-electron chi connectivity index (χ1n) is 9.57. The first kappa shape index (κ1) is 18.0. The van der Waals surface area contributed by atoms with Gasteiger partial charge in [-0.05, 0) is 49.9 Å². The molecule has 2 aromatic rings. The van der Waals surface area contributed by atoms with Gasteiger partial charge in [0.15, 0.2) is 0 Å². The molecule has 4 rings (SSSR count). The van der Waals surface area contributed by atoms with E-state index in [0.717, 1.165) is 25.7 Å². The maximum Gasteiger partial charge on any atom is 0.292 e. The van der Waals surface area contributed by atoms with Crippen molar-refractivity contribution >= 4 is 23.2 Å². The van der Waals surface area contributed by atoms with Crippen LogP contribution >= 0.6 is 11.6 Å². The highest BCUT2D eigenvalue weighted by atomic mass is 35.5. The van der Waals surface area contributed by atoms with Crippen molar-refractivity contribution in [1.29, 1.82) is 0 Å². The fourth-order valence-electron chi connectivity index (χ4n) is 3.43. The Morgan fingerprint density at radius 1 is 1.04 bits per heavy atom. The molecule has 7 heteroatoms. The van der Waals surface area contributed by atoms with Crippen molar-refractivity contribution in [1.82, 2.24) is 15.1 Å². The molecular formula is C20H23ClN4O2. The largest absolute Gasteiger partial charge is 0.380 e. The molecule has 2 fully saturated rings. The molecule has 0 unspecified atom stereocenters. The molecule has 0 bridgehead atoms. The Morgan fingerprint density at radius 2 is 1.74 bits per heavy atom. The number of hydrogen-bond acceptors (Lipinski definition) is 4. The highest BCUT2D eigenvalue weighted by Gasteiger charge is 2.23. The summed E-state index contributed by atoms with van der Waals surface area (Å²) in [6.45, 7) is 0. The molecule has 2 aliphatic rings. The number of aromatic nitrogens is 2. The number of carbonyl (C=O) groups excluding carboxylic acids is 1. The molecule has 1 heterocycles. The zero-order chi connectivity index (χ0) is 18.8. The van der Waals surface area contributed by atoms with E-state index in [-0.39, 0.29) is 22.5 Å². The molecular weight excluding hydrogens is 364 g/mol. The first-order chi connectivity index (χ1) is 13.1. The van der Waals surface area contributed by atoms with Gasteiger partial charge in [0.05, 0.1) is 17.6 Å². The van der Waals surface area contributed by atoms with E-state index in [2.05, 4.69) is 15.7 Å². The minimum absolute atomic E-state index is 0.0734. The summed E-state index contributed by atoms with van der Waals surface area (Å²) in [5.74, 6) is -0.0734. The van der Waals surface area contributed by atoms with Crippen LogP contribution in [-0.2, 0) is 0 Å². The van der Waals surface area contributed by atoms with Gasteiger partial charge in [0.25, 0.3) is 11.5 Å². The predicted octanol–water partition coefficient (Wildman–Crippen LogP) is 3.52. The molecule has 1 aromatic carbocycles. The van der Waals surface area contributed by atoms with Gasteiger partial charge in [-0.25, -0.2) is 0 Å². The van der Waals surface area contributed by atoms with Crippen molar-refractivity contribution in [3.05, 3.63) is 51.4 Å². The molecule has 27 heavy (non-hydrogen) atoms. The molecule has 6 nitrogen and oxygen atoms in total. The van der Waals surface area contributed by atoms with Crippen LogP contribution in [0.2, 0.25) is 5.02 Å². The zero-order valence-electron chi connectivity index (χ0n) is 15.1. The van der Waals surface area contributed by atoms with Crippen LogP contribution in [-0.4, -0.2) is 27.8 Å². The van der Waals surface area contributed by atoms with Crippen molar-refractivity contribution in [3.8, 4) is 5.69 Å². The van der Waals surface area contributed by atoms with E-state index >= 15 is 0 Å². The normalized spacial score (nSPS) is 17.5. The van der Waals surface area contributed by atoms with E-state index in [9.17, 15) is 9.59 Å². The maximum atomic E-state index is 12.5. The number of carbonyl (C=O) groups is 1. The van der Waals surface area contributed by atoms with Crippen LogP contribution in [0.1, 0.15) is 55.3 Å². The number of nitrogens with zero attached hydrogens (tertiary/aromatic N) is 2. The van der Waals surface area contributed by atoms with Gasteiger partial charge < -0.3 is 10.6 Å². The van der Waals surface area contributed by atoms with Crippen molar-refractivity contribution < 1.29 is 4.79 Å². The van der Waals surface area contributed by atoms with Crippen LogP contribution in [0.3, 0.4) is 0 Å². The van der Waals surface area contributed by atoms with Crippen molar-refractivity contribution in [2.75, 3.05) is 5.32 Å². The summed E-state index contributed by atoms with van der Waals surface area (Å²) in [5, 5.41) is 10.6. The molecule has 2 saturated carbocycles. The summed E-state index contributed by atoms with van der Waals surface area (Å²) in [5.41, 5.74) is 1.36. The fourth-order valence-corrected chi connectivity index (χ4v) is 3.62. The third-order valence-electron chi connectivity index (χ3n) is 5.17. The smallest absolute Gasteiger partial charge is 0.292 e. The number of rotatable bonds is 5. The van der Waals surface area contributed by atoms with Crippen LogP contribution in [0.4, 0.5) is 5.69 Å². The molecule has 0 aliphatic heterocycles. The predicted molar refractivity (Wildman–Crippen MR) is 106 cm³/mol. The summed E-state index contributed by atoms with van der Waals surface area (Å²) in [7, 11) is 0. The fraction of sp³-hybridized carbons (Fsp3) is 0.450. The number of anilines is 1. The summed E-state index contributed by atoms with van der Waals surface area (Å²) in [6.07, 6.45) is 9.43. The lowest BCUT2D eigenvalue weighted by Crippen LogP contribution is -2.36. The number of benzene rings is 1. The third kappa shape index (κ3) is 4.16. The number of nitrogens with one attached hydrogen (secondary N) is 2. The van der Waals surface area contributed by atoms with E-state index in [1.165, 1.54) is 23.9 Å². The highest BCUT2D eigenvalue weighted by Crippen LogP contribution is 2.27. The molecule has 0 radical (unpaired) electrons. The van der Waals surface area contributed by atoms with Crippen LogP contribution in [0.15, 0.2) is 35.3 Å². The Labute approximate surface area is 162 Å². The van der Waals surface area contributed by atoms with E-state index < -0.39 is 0 Å². The standard InChI is InChI=1S/C20H23ClN4O2/c21-18-17(23-15-8-9-15)12-22-25(20(18)27)16-10-6-13(7-11-16)19(26)24-14-4-2-1-3-5-14/h6-7,10-12,14-15,23H,1-5,8-9H2,(H,24,26). The van der Waals surface area contributed by atoms with Crippen LogP contribution < -0.4 is 16.2 Å². The minimum Gasteiger partial charge on any atom is -0.380 e. The Kier molecular flexibility index (Phi) is 5.16. The van der Waals surface area contributed by atoms with Gasteiger partial charge in [-0.2, -0.15) is 9.78 Å². The van der Waals surface area contributed by atoms with Crippen LogP contribution in [0.25, 0.3) is 5.69 Å². The molecule has 0 spiro atoms. The molecule has 2 N–H and O–H groups in total. The second-order valence-corrected chi connectivity index (χ2v) is 7.74. The lowest BCUT2D eigenvalue weighted by Gasteiger charge is -2.22. The van der Waals surface area contributed by atoms with E-state index in [1.807, 2.05) is 0 Å². The molecule has 0 atom stereocenters. The molecule has 1 aromatic heterocycles. The molecule has 142 valence electrons. The van der Waals surface area contributed by atoms with Gasteiger partial charge in [-0.15, -0.1) is 0 Å². The quantitative estimate of drug-likeness (QED) is 0.824. The minimum atomic E-state index is -0.373. The monoisotopic (exact) mass is 386 g/mol. The summed E-state index contributed by atoms with van der Waals surface area (Å²) in [4.78, 5) is 24.9. The Hall–Kier alpha value is -2.34. The van der Waals surface area contributed by atoms with E-state index in [4.69, 9.17) is 11.6 Å². The average Bonchev–Trinajstić information content (AvgIpc) is 3.51. The second kappa shape index (κ2) is 7.72. The maximum absolute atomic E-state index is 12.5. The highest BCUT2D eigenvalue weighted by molar-refractivity contribution is 6.33. The first-order valence-corrected chi connectivity index (χ1v) is 9.95. The van der Waals surface area contributed by atoms with Gasteiger partial charge in [0, 0.05) is 17.6 Å². The third-order valence-corrected chi connectivity index (χ3v) is 5.54. The van der Waals surface area contributed by atoms with Gasteiger partial charge in [0.1, 0.15) is 5.02 Å². The lowest BCUT2D eigenvalue weighted by atomic mass is 9.95. The summed E-state index contributed by atoms with van der Waals surface area (Å²) in [6, 6.07) is 7.52. The van der Waals surface area contributed by atoms with Crippen molar-refractivity contribution in [2.45, 2.75) is 57.0 Å². The number of amides is 1. The van der Waals surface area contributed by atoms with Gasteiger partial charge in [0.2, 0.25) is 0 Å². The molecule has 1 amide bonds. The average molecular weight is 387 g/mol. The number of hydrogen-bond donors (Lipinski definition) is 2. The Balaban J connectivity index is 1.49. The lowest BCUT2D eigenvalue weighted by molar-refractivity contribution is 0.0927.